The van der Waals surface area contributed by atoms with Crippen LogP contribution < -0.4 is 5.46 Å². The zero-order valence-electron chi connectivity index (χ0n) is 9.45. The van der Waals surface area contributed by atoms with E-state index in [0.717, 1.165) is 20.8 Å². The van der Waals surface area contributed by atoms with Crippen LogP contribution in [-0.2, 0) is 0 Å². The van der Waals surface area contributed by atoms with Gasteiger partial charge in [-0.15, -0.1) is 11.3 Å². The number of thiazole rings is 1. The molecule has 5 heteroatoms. The normalized spacial score (nSPS) is 10.8. The fourth-order valence-corrected chi connectivity index (χ4v) is 2.79. The number of benzene rings is 2. The summed E-state index contributed by atoms with van der Waals surface area (Å²) in [5.74, 6) is 0. The highest BCUT2D eigenvalue weighted by Crippen LogP contribution is 2.29. The van der Waals surface area contributed by atoms with Crippen LogP contribution >= 0.6 is 11.3 Å². The first kappa shape index (κ1) is 11.4. The largest absolute Gasteiger partial charge is 0.488 e. The molecule has 2 aromatic carbocycles. The lowest BCUT2D eigenvalue weighted by Gasteiger charge is -2.01. The summed E-state index contributed by atoms with van der Waals surface area (Å²) in [5.41, 5.74) is 2.35. The molecule has 2 N–H and O–H groups in total. The summed E-state index contributed by atoms with van der Waals surface area (Å²) in [4.78, 5) is 4.54. The van der Waals surface area contributed by atoms with E-state index in [4.69, 9.17) is 0 Å². The molecule has 88 valence electrons. The van der Waals surface area contributed by atoms with E-state index in [1.54, 1.807) is 29.5 Å². The summed E-state index contributed by atoms with van der Waals surface area (Å²) < 4.78 is 1.13. The van der Waals surface area contributed by atoms with Gasteiger partial charge in [0.05, 0.1) is 10.2 Å². The van der Waals surface area contributed by atoms with Crippen LogP contribution in [0.2, 0.25) is 0 Å². The summed E-state index contributed by atoms with van der Waals surface area (Å²) in [5, 5.41) is 19.2. The SMILES string of the molecule is OB(O)c1cccc(-c2nc3ccccc3s2)c1. The van der Waals surface area contributed by atoms with Crippen molar-refractivity contribution < 1.29 is 10.0 Å². The predicted molar refractivity (Wildman–Crippen MR) is 74.9 cm³/mol. The Morgan fingerprint density at radius 3 is 2.61 bits per heavy atom. The molecule has 3 rings (SSSR count). The van der Waals surface area contributed by atoms with E-state index in [1.807, 2.05) is 30.3 Å². The van der Waals surface area contributed by atoms with Gasteiger partial charge < -0.3 is 10.0 Å². The molecule has 18 heavy (non-hydrogen) atoms. The first-order valence-corrected chi connectivity index (χ1v) is 6.38. The molecule has 3 nitrogen and oxygen atoms in total. The Labute approximate surface area is 109 Å². The van der Waals surface area contributed by atoms with Crippen molar-refractivity contribution in [3.05, 3.63) is 48.5 Å². The fourth-order valence-electron chi connectivity index (χ4n) is 1.83. The molecular weight excluding hydrogens is 245 g/mol. The Hall–Kier alpha value is -1.69. The van der Waals surface area contributed by atoms with Gasteiger partial charge in [0, 0.05) is 5.56 Å². The third-order valence-electron chi connectivity index (χ3n) is 2.73. The Kier molecular flexibility index (Phi) is 2.87. The van der Waals surface area contributed by atoms with Crippen molar-refractivity contribution in [2.75, 3.05) is 0 Å². The van der Waals surface area contributed by atoms with Crippen molar-refractivity contribution in [2.24, 2.45) is 0 Å². The van der Waals surface area contributed by atoms with Gasteiger partial charge >= 0.3 is 7.12 Å². The zero-order chi connectivity index (χ0) is 12.5. The van der Waals surface area contributed by atoms with Crippen molar-refractivity contribution in [3.8, 4) is 10.6 Å². The number of para-hydroxylation sites is 1. The second-order valence-corrected chi connectivity index (χ2v) is 5.02. The average Bonchev–Trinajstić information content (AvgIpc) is 2.82. The summed E-state index contributed by atoms with van der Waals surface area (Å²) in [6.07, 6.45) is 0. The lowest BCUT2D eigenvalue weighted by molar-refractivity contribution is 0.426. The van der Waals surface area contributed by atoms with Gasteiger partial charge in [-0.05, 0) is 17.6 Å². The molecule has 3 aromatic rings. The van der Waals surface area contributed by atoms with Gasteiger partial charge in [-0.2, -0.15) is 0 Å². The molecule has 0 aliphatic heterocycles. The van der Waals surface area contributed by atoms with E-state index in [1.165, 1.54) is 0 Å². The highest BCUT2D eigenvalue weighted by molar-refractivity contribution is 7.21. The Morgan fingerprint density at radius 1 is 1.00 bits per heavy atom. The summed E-state index contributed by atoms with van der Waals surface area (Å²) in [7, 11) is -1.45. The van der Waals surface area contributed by atoms with Gasteiger partial charge in [-0.1, -0.05) is 36.4 Å². The number of rotatable bonds is 2. The molecule has 0 atom stereocenters. The van der Waals surface area contributed by atoms with Gasteiger partial charge in [0.1, 0.15) is 5.01 Å². The highest BCUT2D eigenvalue weighted by atomic mass is 32.1. The minimum Gasteiger partial charge on any atom is -0.423 e. The van der Waals surface area contributed by atoms with Crippen LogP contribution in [0.15, 0.2) is 48.5 Å². The van der Waals surface area contributed by atoms with Crippen LogP contribution in [0.1, 0.15) is 0 Å². The van der Waals surface area contributed by atoms with Crippen LogP contribution in [0, 0.1) is 0 Å². The van der Waals surface area contributed by atoms with Gasteiger partial charge in [-0.25, -0.2) is 4.98 Å². The molecule has 0 unspecified atom stereocenters. The smallest absolute Gasteiger partial charge is 0.423 e. The van der Waals surface area contributed by atoms with Crippen LogP contribution in [0.5, 0.6) is 0 Å². The first-order chi connectivity index (χ1) is 8.74. The second-order valence-electron chi connectivity index (χ2n) is 3.99. The van der Waals surface area contributed by atoms with Crippen LogP contribution in [0.4, 0.5) is 0 Å². The molecule has 1 heterocycles. The number of aromatic nitrogens is 1. The maximum atomic E-state index is 9.17. The summed E-state index contributed by atoms with van der Waals surface area (Å²) >= 11 is 1.60. The molecule has 0 fully saturated rings. The maximum Gasteiger partial charge on any atom is 0.488 e. The minimum atomic E-state index is -1.45. The van der Waals surface area contributed by atoms with Gasteiger partial charge in [-0.3, -0.25) is 0 Å². The molecule has 0 aliphatic rings. The summed E-state index contributed by atoms with van der Waals surface area (Å²) in [6.45, 7) is 0. The monoisotopic (exact) mass is 255 g/mol. The average molecular weight is 255 g/mol. The Balaban J connectivity index is 2.11. The minimum absolute atomic E-state index is 0.478. The Bertz CT molecular complexity index is 663. The van der Waals surface area contributed by atoms with Crippen molar-refractivity contribution in [1.29, 1.82) is 0 Å². The van der Waals surface area contributed by atoms with E-state index in [2.05, 4.69) is 4.98 Å². The van der Waals surface area contributed by atoms with Gasteiger partial charge in [0.25, 0.3) is 0 Å². The summed E-state index contributed by atoms with van der Waals surface area (Å²) in [6, 6.07) is 15.1. The number of fused-ring (bicyclic) bond motifs is 1. The van der Waals surface area contributed by atoms with E-state index >= 15 is 0 Å². The van der Waals surface area contributed by atoms with Crippen LogP contribution in [0.25, 0.3) is 20.8 Å². The molecule has 0 spiro atoms. The zero-order valence-corrected chi connectivity index (χ0v) is 10.3. The second kappa shape index (κ2) is 4.53. The lowest BCUT2D eigenvalue weighted by atomic mass is 9.80. The van der Waals surface area contributed by atoms with Crippen molar-refractivity contribution in [1.82, 2.24) is 4.98 Å². The molecule has 1 aromatic heterocycles. The quantitative estimate of drug-likeness (QED) is 0.684. The molecule has 0 radical (unpaired) electrons. The molecule has 0 aliphatic carbocycles. The van der Waals surface area contributed by atoms with E-state index in [-0.39, 0.29) is 0 Å². The third-order valence-corrected chi connectivity index (χ3v) is 3.81. The van der Waals surface area contributed by atoms with Gasteiger partial charge in [0.15, 0.2) is 0 Å². The molecule has 0 bridgehead atoms. The van der Waals surface area contributed by atoms with E-state index in [9.17, 15) is 10.0 Å². The maximum absolute atomic E-state index is 9.17. The van der Waals surface area contributed by atoms with Crippen molar-refractivity contribution in [2.45, 2.75) is 0 Å². The number of nitrogens with zero attached hydrogens (tertiary/aromatic N) is 1. The first-order valence-electron chi connectivity index (χ1n) is 5.56. The van der Waals surface area contributed by atoms with Crippen LogP contribution in [-0.4, -0.2) is 22.2 Å². The lowest BCUT2D eigenvalue weighted by Crippen LogP contribution is -2.29. The van der Waals surface area contributed by atoms with Crippen molar-refractivity contribution in [3.63, 3.8) is 0 Å². The molecule has 0 saturated heterocycles. The predicted octanol–water partition coefficient (Wildman–Crippen LogP) is 1.64. The van der Waals surface area contributed by atoms with E-state index in [0.29, 0.717) is 5.46 Å². The number of hydrogen-bond acceptors (Lipinski definition) is 4. The van der Waals surface area contributed by atoms with Gasteiger partial charge in [0.2, 0.25) is 0 Å². The van der Waals surface area contributed by atoms with E-state index < -0.39 is 7.12 Å². The topological polar surface area (TPSA) is 53.4 Å². The Morgan fingerprint density at radius 2 is 1.83 bits per heavy atom. The van der Waals surface area contributed by atoms with Crippen LogP contribution in [0.3, 0.4) is 0 Å². The molecule has 0 amide bonds. The highest BCUT2D eigenvalue weighted by Gasteiger charge is 2.12. The molecular formula is C13H10BNO2S. The number of hydrogen-bond donors (Lipinski definition) is 2. The molecule has 0 saturated carbocycles. The third kappa shape index (κ3) is 2.03. The standard InChI is InChI=1S/C13H10BNO2S/c16-14(17)10-5-3-4-9(8-10)13-15-11-6-1-2-7-12(11)18-13/h1-8,16-17H. The van der Waals surface area contributed by atoms with Crippen molar-refractivity contribution >= 4 is 34.1 Å². The fraction of sp³-hybridized carbons (Fsp3) is 0.